The van der Waals surface area contributed by atoms with Gasteiger partial charge in [0.2, 0.25) is 0 Å². The van der Waals surface area contributed by atoms with Crippen LogP contribution in [0.4, 0.5) is 0 Å². The zero-order valence-electron chi connectivity index (χ0n) is 16.9. The minimum Gasteiger partial charge on any atom is -0.345 e. The number of thioether (sulfide) groups is 1. The van der Waals surface area contributed by atoms with Gasteiger partial charge in [-0.25, -0.2) is 0 Å². The summed E-state index contributed by atoms with van der Waals surface area (Å²) in [6, 6.07) is 22.2. The maximum Gasteiger partial charge on any atom is 0.253 e. The Morgan fingerprint density at radius 2 is 1.77 bits per heavy atom. The van der Waals surface area contributed by atoms with E-state index in [9.17, 15) is 4.79 Å². The van der Waals surface area contributed by atoms with Crippen molar-refractivity contribution in [2.24, 2.45) is 0 Å². The average molecular weight is 435 g/mol. The molecule has 0 unspecified atom stereocenters. The first-order valence-corrected chi connectivity index (χ1v) is 11.4. The fourth-order valence-electron chi connectivity index (χ4n) is 3.06. The van der Waals surface area contributed by atoms with E-state index < -0.39 is 0 Å². The zero-order valence-corrected chi connectivity index (χ0v) is 18.5. The Hall–Kier alpha value is -2.90. The van der Waals surface area contributed by atoms with Crippen molar-refractivity contribution in [3.05, 3.63) is 93.9 Å². The van der Waals surface area contributed by atoms with Gasteiger partial charge in [-0.2, -0.15) is 0 Å². The van der Waals surface area contributed by atoms with Gasteiger partial charge < -0.3 is 4.90 Å². The van der Waals surface area contributed by atoms with Crippen LogP contribution in [-0.4, -0.2) is 39.7 Å². The molecule has 0 atom stereocenters. The summed E-state index contributed by atoms with van der Waals surface area (Å²) in [6.45, 7) is 0. The van der Waals surface area contributed by atoms with E-state index in [0.717, 1.165) is 34.4 Å². The number of nitrogens with zero attached hydrogens (tertiary/aromatic N) is 4. The summed E-state index contributed by atoms with van der Waals surface area (Å²) >= 11 is 3.37. The van der Waals surface area contributed by atoms with Gasteiger partial charge in [0.15, 0.2) is 5.16 Å². The van der Waals surface area contributed by atoms with Crippen molar-refractivity contribution in [1.29, 1.82) is 0 Å². The lowest BCUT2D eigenvalue weighted by atomic mass is 10.1. The molecule has 5 nitrogen and oxygen atoms in total. The standard InChI is InChI=1S/C23H22N4OS2/c1-26(2)22(28)18-12-10-17(11-13-18)16-30-23-25-24-21(15-20-9-6-14-29-20)27(23)19-7-4-3-5-8-19/h3-14H,15-16H2,1-2H3. The normalized spacial score (nSPS) is 10.9. The molecule has 1 amide bonds. The fraction of sp³-hybridized carbons (Fsp3) is 0.174. The van der Waals surface area contributed by atoms with Crippen LogP contribution in [0.3, 0.4) is 0 Å². The zero-order chi connectivity index (χ0) is 20.9. The van der Waals surface area contributed by atoms with Gasteiger partial charge in [-0.05, 0) is 41.3 Å². The molecule has 0 saturated carbocycles. The summed E-state index contributed by atoms with van der Waals surface area (Å²) in [6.07, 6.45) is 0.751. The summed E-state index contributed by atoms with van der Waals surface area (Å²) in [5.41, 5.74) is 2.89. The van der Waals surface area contributed by atoms with Crippen LogP contribution in [0.5, 0.6) is 0 Å². The maximum absolute atomic E-state index is 12.1. The van der Waals surface area contributed by atoms with Crippen LogP contribution in [0.25, 0.3) is 5.69 Å². The molecule has 0 spiro atoms. The van der Waals surface area contributed by atoms with Crippen molar-refractivity contribution in [3.8, 4) is 5.69 Å². The molecule has 0 aliphatic rings. The van der Waals surface area contributed by atoms with E-state index in [2.05, 4.69) is 44.4 Å². The number of carbonyl (C=O) groups is 1. The molecule has 2 heterocycles. The smallest absolute Gasteiger partial charge is 0.253 e. The van der Waals surface area contributed by atoms with E-state index in [1.54, 1.807) is 42.1 Å². The molecule has 0 aliphatic carbocycles. The van der Waals surface area contributed by atoms with Crippen LogP contribution in [0.1, 0.15) is 26.6 Å². The van der Waals surface area contributed by atoms with E-state index in [4.69, 9.17) is 0 Å². The third-order valence-corrected chi connectivity index (χ3v) is 6.48. The van der Waals surface area contributed by atoms with Crippen molar-refractivity contribution in [3.63, 3.8) is 0 Å². The number of carbonyl (C=O) groups excluding carboxylic acids is 1. The monoisotopic (exact) mass is 434 g/mol. The molecule has 0 radical (unpaired) electrons. The Bertz CT molecular complexity index is 1100. The highest BCUT2D eigenvalue weighted by molar-refractivity contribution is 7.98. The highest BCUT2D eigenvalue weighted by Crippen LogP contribution is 2.27. The number of aromatic nitrogens is 3. The highest BCUT2D eigenvalue weighted by atomic mass is 32.2. The van der Waals surface area contributed by atoms with E-state index in [-0.39, 0.29) is 5.91 Å². The average Bonchev–Trinajstić information content (AvgIpc) is 3.43. The minimum atomic E-state index is 0.0104. The predicted octanol–water partition coefficient (Wildman–Crippen LogP) is 4.91. The Morgan fingerprint density at radius 1 is 1.00 bits per heavy atom. The summed E-state index contributed by atoms with van der Waals surface area (Å²) in [4.78, 5) is 14.9. The van der Waals surface area contributed by atoms with E-state index in [1.165, 1.54) is 4.88 Å². The topological polar surface area (TPSA) is 51.0 Å². The quantitative estimate of drug-likeness (QED) is 0.388. The number of thiophene rings is 1. The number of benzene rings is 2. The van der Waals surface area contributed by atoms with Crippen molar-refractivity contribution in [2.45, 2.75) is 17.3 Å². The Balaban J connectivity index is 1.55. The molecule has 2 aromatic heterocycles. The minimum absolute atomic E-state index is 0.0104. The van der Waals surface area contributed by atoms with Gasteiger partial charge in [0.05, 0.1) is 0 Å². The number of amides is 1. The lowest BCUT2D eigenvalue weighted by molar-refractivity contribution is 0.0827. The van der Waals surface area contributed by atoms with Crippen LogP contribution in [0.15, 0.2) is 77.3 Å². The third kappa shape index (κ3) is 4.63. The maximum atomic E-state index is 12.1. The van der Waals surface area contributed by atoms with Gasteiger partial charge in [-0.15, -0.1) is 21.5 Å². The summed E-state index contributed by atoms with van der Waals surface area (Å²) in [5.74, 6) is 1.69. The van der Waals surface area contributed by atoms with E-state index in [0.29, 0.717) is 5.56 Å². The Morgan fingerprint density at radius 3 is 2.43 bits per heavy atom. The molecule has 7 heteroatoms. The number of hydrogen-bond acceptors (Lipinski definition) is 5. The van der Waals surface area contributed by atoms with E-state index >= 15 is 0 Å². The van der Waals surface area contributed by atoms with Crippen LogP contribution in [0.2, 0.25) is 0 Å². The first-order chi connectivity index (χ1) is 14.6. The van der Waals surface area contributed by atoms with Gasteiger partial charge in [0, 0.05) is 42.4 Å². The number of rotatable bonds is 7. The fourth-order valence-corrected chi connectivity index (χ4v) is 4.69. The molecule has 2 aromatic carbocycles. The van der Waals surface area contributed by atoms with E-state index in [1.807, 2.05) is 42.5 Å². The second-order valence-electron chi connectivity index (χ2n) is 7.01. The van der Waals surface area contributed by atoms with Crippen molar-refractivity contribution in [2.75, 3.05) is 14.1 Å². The summed E-state index contributed by atoms with van der Waals surface area (Å²) < 4.78 is 2.13. The summed E-state index contributed by atoms with van der Waals surface area (Å²) in [5, 5.41) is 11.9. The van der Waals surface area contributed by atoms with Crippen LogP contribution < -0.4 is 0 Å². The van der Waals surface area contributed by atoms with Gasteiger partial charge in [0.25, 0.3) is 5.91 Å². The van der Waals surface area contributed by atoms with Crippen LogP contribution >= 0.6 is 23.1 Å². The first-order valence-electron chi connectivity index (χ1n) is 9.57. The molecule has 4 aromatic rings. The van der Waals surface area contributed by atoms with Gasteiger partial charge in [0.1, 0.15) is 5.82 Å². The lowest BCUT2D eigenvalue weighted by Crippen LogP contribution is -2.21. The Labute approximate surface area is 184 Å². The molecule has 0 saturated heterocycles. The molecule has 0 N–H and O–H groups in total. The molecule has 4 rings (SSSR count). The Kier molecular flexibility index (Phi) is 6.30. The SMILES string of the molecule is CN(C)C(=O)c1ccc(CSc2nnc(Cc3cccs3)n2-c2ccccc2)cc1. The number of para-hydroxylation sites is 1. The first kappa shape index (κ1) is 20.4. The molecule has 0 bridgehead atoms. The largest absolute Gasteiger partial charge is 0.345 e. The third-order valence-electron chi connectivity index (χ3n) is 4.60. The molecule has 30 heavy (non-hydrogen) atoms. The molecular formula is C23H22N4OS2. The van der Waals surface area contributed by atoms with Crippen molar-refractivity contribution in [1.82, 2.24) is 19.7 Å². The second kappa shape index (κ2) is 9.28. The van der Waals surface area contributed by atoms with Crippen LogP contribution in [0, 0.1) is 0 Å². The van der Waals surface area contributed by atoms with Gasteiger partial charge in [-0.1, -0.05) is 48.2 Å². The van der Waals surface area contributed by atoms with Gasteiger partial charge in [-0.3, -0.25) is 9.36 Å². The number of hydrogen-bond donors (Lipinski definition) is 0. The molecular weight excluding hydrogens is 412 g/mol. The van der Waals surface area contributed by atoms with Gasteiger partial charge >= 0.3 is 0 Å². The van der Waals surface area contributed by atoms with Crippen molar-refractivity contribution < 1.29 is 4.79 Å². The lowest BCUT2D eigenvalue weighted by Gasteiger charge is -2.11. The summed E-state index contributed by atoms with van der Waals surface area (Å²) in [7, 11) is 3.52. The second-order valence-corrected chi connectivity index (χ2v) is 8.99. The predicted molar refractivity (Wildman–Crippen MR) is 123 cm³/mol. The van der Waals surface area contributed by atoms with Crippen LogP contribution in [-0.2, 0) is 12.2 Å². The highest BCUT2D eigenvalue weighted by Gasteiger charge is 2.15. The molecule has 0 aliphatic heterocycles. The molecule has 152 valence electrons. The van der Waals surface area contributed by atoms with Crippen molar-refractivity contribution >= 4 is 29.0 Å². The molecule has 0 fully saturated rings.